The van der Waals surface area contributed by atoms with Gasteiger partial charge in [-0.3, -0.25) is 4.79 Å². The van der Waals surface area contributed by atoms with Crippen LogP contribution in [0.4, 0.5) is 0 Å². The van der Waals surface area contributed by atoms with Gasteiger partial charge >= 0.3 is 0 Å². The highest BCUT2D eigenvalue weighted by molar-refractivity contribution is 5.89. The van der Waals surface area contributed by atoms with Crippen LogP contribution in [0.1, 0.15) is 49.3 Å². The van der Waals surface area contributed by atoms with E-state index in [1.165, 1.54) is 31.5 Å². The molecule has 142 valence electrons. The molecule has 1 aliphatic heterocycles. The van der Waals surface area contributed by atoms with Gasteiger partial charge in [-0.2, -0.15) is 0 Å². The smallest absolute Gasteiger partial charge is 0.224 e. The Balaban J connectivity index is 1.40. The van der Waals surface area contributed by atoms with Gasteiger partial charge in [0.05, 0.1) is 12.7 Å². The summed E-state index contributed by atoms with van der Waals surface area (Å²) in [7, 11) is 0. The van der Waals surface area contributed by atoms with Crippen LogP contribution in [0.15, 0.2) is 22.8 Å². The van der Waals surface area contributed by atoms with Crippen molar-refractivity contribution in [2.24, 2.45) is 5.92 Å². The second-order valence-electron chi connectivity index (χ2n) is 7.93. The van der Waals surface area contributed by atoms with E-state index >= 15 is 0 Å². The van der Waals surface area contributed by atoms with E-state index in [0.717, 1.165) is 53.9 Å². The molecule has 1 amide bonds. The SMILES string of the molecule is Cc1ccc2c(CC(=O)NCCCCN3CCCC(C)C3)coc2c1C. The maximum Gasteiger partial charge on any atom is 0.224 e. The maximum absolute atomic E-state index is 12.3. The summed E-state index contributed by atoms with van der Waals surface area (Å²) in [5.41, 5.74) is 4.25. The molecule has 1 fully saturated rings. The molecule has 1 aromatic carbocycles. The average Bonchev–Trinajstić information content (AvgIpc) is 3.01. The molecule has 1 N–H and O–H groups in total. The summed E-state index contributed by atoms with van der Waals surface area (Å²) in [6, 6.07) is 4.15. The molecule has 3 rings (SSSR count). The largest absolute Gasteiger partial charge is 0.464 e. The number of fused-ring (bicyclic) bond motifs is 1. The van der Waals surface area contributed by atoms with E-state index in [2.05, 4.69) is 43.1 Å². The van der Waals surface area contributed by atoms with E-state index in [0.29, 0.717) is 6.42 Å². The summed E-state index contributed by atoms with van der Waals surface area (Å²) in [5.74, 6) is 0.915. The standard InChI is InChI=1S/C22H32N2O2/c1-16-7-6-12-24(14-16)11-5-4-10-23-21(25)13-19-15-26-22-18(3)17(2)8-9-20(19)22/h8-9,15-16H,4-7,10-14H2,1-3H3,(H,23,25). The molecular weight excluding hydrogens is 324 g/mol. The lowest BCUT2D eigenvalue weighted by Crippen LogP contribution is -2.35. The van der Waals surface area contributed by atoms with Crippen molar-refractivity contribution in [1.82, 2.24) is 10.2 Å². The van der Waals surface area contributed by atoms with E-state index in [4.69, 9.17) is 4.42 Å². The number of furan rings is 1. The third kappa shape index (κ3) is 4.67. The lowest BCUT2D eigenvalue weighted by molar-refractivity contribution is -0.120. The predicted molar refractivity (Wildman–Crippen MR) is 106 cm³/mol. The van der Waals surface area contributed by atoms with E-state index in [9.17, 15) is 4.79 Å². The Kier molecular flexibility index (Phi) is 6.36. The van der Waals surface area contributed by atoms with Gasteiger partial charge in [0.15, 0.2) is 0 Å². The molecule has 0 aliphatic carbocycles. The molecule has 1 atom stereocenters. The van der Waals surface area contributed by atoms with Crippen LogP contribution in [-0.4, -0.2) is 37.0 Å². The molecule has 1 saturated heterocycles. The molecule has 2 heterocycles. The van der Waals surface area contributed by atoms with Crippen LogP contribution in [0.5, 0.6) is 0 Å². The number of benzene rings is 1. The topological polar surface area (TPSA) is 45.5 Å². The molecule has 4 heteroatoms. The number of hydrogen-bond acceptors (Lipinski definition) is 3. The first-order chi connectivity index (χ1) is 12.5. The summed E-state index contributed by atoms with van der Waals surface area (Å²) in [6.45, 7) is 10.9. The van der Waals surface area contributed by atoms with Gasteiger partial charge in [-0.15, -0.1) is 0 Å². The van der Waals surface area contributed by atoms with Crippen molar-refractivity contribution in [3.63, 3.8) is 0 Å². The first-order valence-electron chi connectivity index (χ1n) is 10.00. The fourth-order valence-corrected chi connectivity index (χ4v) is 3.94. The van der Waals surface area contributed by atoms with Crippen LogP contribution in [0.3, 0.4) is 0 Å². The Bertz CT molecular complexity index is 750. The minimum absolute atomic E-state index is 0.0810. The second-order valence-corrected chi connectivity index (χ2v) is 7.93. The molecule has 0 radical (unpaired) electrons. The van der Waals surface area contributed by atoms with Gasteiger partial charge < -0.3 is 14.6 Å². The van der Waals surface area contributed by atoms with Gasteiger partial charge in [-0.05, 0) is 69.7 Å². The minimum Gasteiger partial charge on any atom is -0.464 e. The number of carbonyl (C=O) groups is 1. The first kappa shape index (κ1) is 19.0. The first-order valence-corrected chi connectivity index (χ1v) is 10.00. The number of hydrogen-bond donors (Lipinski definition) is 1. The minimum atomic E-state index is 0.0810. The Morgan fingerprint density at radius 3 is 2.96 bits per heavy atom. The van der Waals surface area contributed by atoms with Crippen molar-refractivity contribution in [2.75, 3.05) is 26.2 Å². The summed E-state index contributed by atoms with van der Waals surface area (Å²) >= 11 is 0. The van der Waals surface area contributed by atoms with Crippen LogP contribution in [-0.2, 0) is 11.2 Å². The molecule has 1 unspecified atom stereocenters. The van der Waals surface area contributed by atoms with Gasteiger partial charge in [-0.25, -0.2) is 0 Å². The predicted octanol–water partition coefficient (Wildman–Crippen LogP) is 4.22. The van der Waals surface area contributed by atoms with Gasteiger partial charge in [0, 0.05) is 24.0 Å². The van der Waals surface area contributed by atoms with Crippen molar-refractivity contribution >= 4 is 16.9 Å². The van der Waals surface area contributed by atoms with Crippen LogP contribution >= 0.6 is 0 Å². The number of nitrogens with one attached hydrogen (secondary N) is 1. The van der Waals surface area contributed by atoms with Crippen molar-refractivity contribution in [2.45, 2.75) is 52.9 Å². The summed E-state index contributed by atoms with van der Waals surface area (Å²) in [5, 5.41) is 4.12. The summed E-state index contributed by atoms with van der Waals surface area (Å²) in [4.78, 5) is 14.8. The molecule has 1 aliphatic rings. The molecule has 2 aromatic rings. The second kappa shape index (κ2) is 8.72. The number of likely N-dealkylation sites (tertiary alicyclic amines) is 1. The maximum atomic E-state index is 12.3. The van der Waals surface area contributed by atoms with Crippen LogP contribution < -0.4 is 5.32 Å². The van der Waals surface area contributed by atoms with Crippen LogP contribution in [0.25, 0.3) is 11.0 Å². The number of piperidine rings is 1. The van der Waals surface area contributed by atoms with Gasteiger partial charge in [-0.1, -0.05) is 19.1 Å². The zero-order valence-electron chi connectivity index (χ0n) is 16.4. The third-order valence-corrected chi connectivity index (χ3v) is 5.66. The van der Waals surface area contributed by atoms with Gasteiger partial charge in [0.2, 0.25) is 5.91 Å². The Labute approximate surface area is 156 Å². The average molecular weight is 357 g/mol. The number of rotatable bonds is 7. The zero-order valence-corrected chi connectivity index (χ0v) is 16.4. The Morgan fingerprint density at radius 2 is 2.15 bits per heavy atom. The third-order valence-electron chi connectivity index (χ3n) is 5.66. The lowest BCUT2D eigenvalue weighted by atomic mass is 10.0. The van der Waals surface area contributed by atoms with E-state index < -0.39 is 0 Å². The highest BCUT2D eigenvalue weighted by Crippen LogP contribution is 2.26. The monoisotopic (exact) mass is 356 g/mol. The lowest BCUT2D eigenvalue weighted by Gasteiger charge is -2.30. The highest BCUT2D eigenvalue weighted by atomic mass is 16.3. The fraction of sp³-hybridized carbons (Fsp3) is 0.591. The van der Waals surface area contributed by atoms with Gasteiger partial charge in [0.25, 0.3) is 0 Å². The summed E-state index contributed by atoms with van der Waals surface area (Å²) in [6.07, 6.45) is 7.01. The normalized spacial score (nSPS) is 18.3. The number of unbranched alkanes of at least 4 members (excludes halogenated alkanes) is 1. The number of aryl methyl sites for hydroxylation is 2. The van der Waals surface area contributed by atoms with Crippen molar-refractivity contribution in [1.29, 1.82) is 0 Å². The molecule has 26 heavy (non-hydrogen) atoms. The van der Waals surface area contributed by atoms with E-state index in [1.807, 2.05) is 0 Å². The van der Waals surface area contributed by atoms with E-state index in [-0.39, 0.29) is 5.91 Å². The zero-order chi connectivity index (χ0) is 18.5. The molecule has 0 saturated carbocycles. The fourth-order valence-electron chi connectivity index (χ4n) is 3.94. The summed E-state index contributed by atoms with van der Waals surface area (Å²) < 4.78 is 5.69. The van der Waals surface area contributed by atoms with Crippen molar-refractivity contribution in [3.8, 4) is 0 Å². The molecule has 1 aromatic heterocycles. The van der Waals surface area contributed by atoms with E-state index in [1.54, 1.807) is 6.26 Å². The quantitative estimate of drug-likeness (QED) is 0.756. The number of nitrogens with zero attached hydrogens (tertiary/aromatic N) is 1. The molecule has 0 bridgehead atoms. The molecule has 0 spiro atoms. The van der Waals surface area contributed by atoms with Crippen LogP contribution in [0, 0.1) is 19.8 Å². The molecular formula is C22H32N2O2. The van der Waals surface area contributed by atoms with Crippen molar-refractivity contribution in [3.05, 3.63) is 35.1 Å². The Morgan fingerprint density at radius 1 is 1.31 bits per heavy atom. The van der Waals surface area contributed by atoms with Crippen LogP contribution in [0.2, 0.25) is 0 Å². The Hall–Kier alpha value is -1.81. The highest BCUT2D eigenvalue weighted by Gasteiger charge is 2.15. The molecule has 4 nitrogen and oxygen atoms in total. The number of amides is 1. The van der Waals surface area contributed by atoms with Gasteiger partial charge in [0.1, 0.15) is 5.58 Å². The number of carbonyl (C=O) groups excluding carboxylic acids is 1. The van der Waals surface area contributed by atoms with Crippen molar-refractivity contribution < 1.29 is 9.21 Å².